The molecule has 2 rings (SSSR count). The Bertz CT molecular complexity index is 928. The Labute approximate surface area is 179 Å². The van der Waals surface area contributed by atoms with Crippen molar-refractivity contribution in [3.8, 4) is 0 Å². The molecule has 2 aromatic rings. The highest BCUT2D eigenvalue weighted by molar-refractivity contribution is 7.11. The van der Waals surface area contributed by atoms with E-state index in [1.54, 1.807) is 19.9 Å². The first-order chi connectivity index (χ1) is 14.1. The molecule has 0 spiro atoms. The molecule has 0 saturated carbocycles. The van der Waals surface area contributed by atoms with Gasteiger partial charge in [0.25, 0.3) is 5.69 Å². The Morgan fingerprint density at radius 1 is 1.20 bits per heavy atom. The zero-order valence-corrected chi connectivity index (χ0v) is 18.4. The number of hydrogen-bond donors (Lipinski definition) is 2. The van der Waals surface area contributed by atoms with Crippen molar-refractivity contribution < 1.29 is 19.2 Å². The summed E-state index contributed by atoms with van der Waals surface area (Å²) in [5, 5.41) is 17.8. The van der Waals surface area contributed by atoms with E-state index in [-0.39, 0.29) is 29.8 Å². The fourth-order valence-electron chi connectivity index (χ4n) is 3.08. The molecular weight excluding hydrogens is 408 g/mol. The summed E-state index contributed by atoms with van der Waals surface area (Å²) in [6, 6.07) is 4.22. The van der Waals surface area contributed by atoms with Crippen molar-refractivity contribution >= 4 is 29.0 Å². The number of benzene rings is 1. The number of nitrogens with zero attached hydrogens (tertiary/aromatic N) is 2. The summed E-state index contributed by atoms with van der Waals surface area (Å²) >= 11 is 1.49. The average molecular weight is 435 g/mol. The molecule has 1 aromatic heterocycles. The second-order valence-electron chi connectivity index (χ2n) is 7.13. The molecule has 0 unspecified atom stereocenters. The highest BCUT2D eigenvalue weighted by Gasteiger charge is 2.27. The van der Waals surface area contributed by atoms with Gasteiger partial charge in [-0.25, -0.2) is 9.78 Å². The van der Waals surface area contributed by atoms with E-state index in [2.05, 4.69) is 15.6 Å². The summed E-state index contributed by atoms with van der Waals surface area (Å²) in [4.78, 5) is 41.0. The predicted octanol–water partition coefficient (Wildman–Crippen LogP) is 4.11. The Kier molecular flexibility index (Phi) is 7.87. The maximum Gasteiger partial charge on any atom is 0.315 e. The third-order valence-electron chi connectivity index (χ3n) is 4.23. The van der Waals surface area contributed by atoms with Crippen LogP contribution in [0.15, 0.2) is 24.3 Å². The van der Waals surface area contributed by atoms with Crippen LogP contribution < -0.4 is 10.6 Å². The SMILES string of the molecule is Cc1nc(C)c([C@H](C)NC(=O)N[C@H](CC(=O)OC(C)C)c2ccccc2[N+](=O)[O-])s1. The van der Waals surface area contributed by atoms with E-state index in [0.717, 1.165) is 15.6 Å². The number of amides is 2. The molecule has 0 saturated heterocycles. The molecule has 10 heteroatoms. The number of urea groups is 1. The fraction of sp³-hybridized carbons (Fsp3) is 0.450. The van der Waals surface area contributed by atoms with Gasteiger partial charge in [0, 0.05) is 10.9 Å². The van der Waals surface area contributed by atoms with Crippen molar-refractivity contribution in [2.45, 2.75) is 59.2 Å². The van der Waals surface area contributed by atoms with E-state index in [4.69, 9.17) is 4.74 Å². The van der Waals surface area contributed by atoms with Crippen molar-refractivity contribution in [2.75, 3.05) is 0 Å². The molecular formula is C20H26N4O5S. The lowest BCUT2D eigenvalue weighted by Gasteiger charge is -2.21. The minimum absolute atomic E-state index is 0.179. The number of rotatable bonds is 8. The molecule has 0 aliphatic heterocycles. The molecule has 0 aliphatic rings. The summed E-state index contributed by atoms with van der Waals surface area (Å²) in [6.45, 7) is 9.00. The van der Waals surface area contributed by atoms with Gasteiger partial charge in [-0.3, -0.25) is 14.9 Å². The number of nitro groups is 1. The second-order valence-corrected chi connectivity index (χ2v) is 8.37. The van der Waals surface area contributed by atoms with Crippen LogP contribution in [-0.4, -0.2) is 28.0 Å². The maximum absolute atomic E-state index is 12.7. The van der Waals surface area contributed by atoms with Gasteiger partial charge >= 0.3 is 12.0 Å². The summed E-state index contributed by atoms with van der Waals surface area (Å²) in [5.74, 6) is -0.560. The summed E-state index contributed by atoms with van der Waals surface area (Å²) in [5.41, 5.74) is 0.888. The van der Waals surface area contributed by atoms with Gasteiger partial charge in [0.2, 0.25) is 0 Å². The van der Waals surface area contributed by atoms with E-state index in [0.29, 0.717) is 0 Å². The molecule has 2 N–H and O–H groups in total. The Balaban J connectivity index is 2.22. The van der Waals surface area contributed by atoms with Crippen molar-refractivity contribution in [3.05, 3.63) is 55.5 Å². The van der Waals surface area contributed by atoms with Gasteiger partial charge in [0.1, 0.15) is 0 Å². The number of nitro benzene ring substituents is 1. The monoisotopic (exact) mass is 434 g/mol. The lowest BCUT2D eigenvalue weighted by atomic mass is 10.0. The maximum atomic E-state index is 12.7. The van der Waals surface area contributed by atoms with E-state index in [1.807, 2.05) is 20.8 Å². The Hall–Kier alpha value is -3.01. The minimum Gasteiger partial charge on any atom is -0.463 e. The highest BCUT2D eigenvalue weighted by Crippen LogP contribution is 2.28. The molecule has 30 heavy (non-hydrogen) atoms. The molecule has 1 heterocycles. The number of aromatic nitrogens is 1. The quantitative estimate of drug-likeness (QED) is 0.366. The fourth-order valence-corrected chi connectivity index (χ4v) is 4.01. The molecule has 0 fully saturated rings. The highest BCUT2D eigenvalue weighted by atomic mass is 32.1. The van der Waals surface area contributed by atoms with Gasteiger partial charge < -0.3 is 15.4 Å². The smallest absolute Gasteiger partial charge is 0.315 e. The van der Waals surface area contributed by atoms with Gasteiger partial charge in [-0.2, -0.15) is 0 Å². The number of ether oxygens (including phenoxy) is 1. The van der Waals surface area contributed by atoms with Crippen molar-refractivity contribution in [2.24, 2.45) is 0 Å². The van der Waals surface area contributed by atoms with Crippen molar-refractivity contribution in [1.29, 1.82) is 0 Å². The normalized spacial score (nSPS) is 12.9. The Morgan fingerprint density at radius 2 is 1.87 bits per heavy atom. The number of esters is 1. The van der Waals surface area contributed by atoms with Crippen molar-refractivity contribution in [3.63, 3.8) is 0 Å². The number of hydrogen-bond acceptors (Lipinski definition) is 7. The molecule has 2 atom stereocenters. The summed E-state index contributed by atoms with van der Waals surface area (Å²) in [7, 11) is 0. The van der Waals surface area contributed by atoms with Crippen LogP contribution in [0.5, 0.6) is 0 Å². The molecule has 2 amide bonds. The second kappa shape index (κ2) is 10.1. The van der Waals surface area contributed by atoms with Crippen LogP contribution in [0.3, 0.4) is 0 Å². The third kappa shape index (κ3) is 6.24. The van der Waals surface area contributed by atoms with Crippen LogP contribution in [0, 0.1) is 24.0 Å². The van der Waals surface area contributed by atoms with Gasteiger partial charge in [0.15, 0.2) is 0 Å². The van der Waals surface area contributed by atoms with Crippen LogP contribution in [0.25, 0.3) is 0 Å². The zero-order valence-electron chi connectivity index (χ0n) is 17.6. The first-order valence-electron chi connectivity index (χ1n) is 9.52. The van der Waals surface area contributed by atoms with Crippen LogP contribution in [0.1, 0.15) is 60.4 Å². The zero-order chi connectivity index (χ0) is 22.4. The number of aryl methyl sites for hydroxylation is 2. The Morgan fingerprint density at radius 3 is 2.43 bits per heavy atom. The number of nitrogens with one attached hydrogen (secondary N) is 2. The summed E-state index contributed by atoms with van der Waals surface area (Å²) < 4.78 is 5.17. The lowest BCUT2D eigenvalue weighted by Crippen LogP contribution is -2.40. The molecule has 0 radical (unpaired) electrons. The van der Waals surface area contributed by atoms with E-state index >= 15 is 0 Å². The largest absolute Gasteiger partial charge is 0.463 e. The van der Waals surface area contributed by atoms with Crippen LogP contribution in [-0.2, 0) is 9.53 Å². The topological polar surface area (TPSA) is 123 Å². The first-order valence-corrected chi connectivity index (χ1v) is 10.3. The van der Waals surface area contributed by atoms with Gasteiger partial charge in [-0.15, -0.1) is 11.3 Å². The molecule has 9 nitrogen and oxygen atoms in total. The lowest BCUT2D eigenvalue weighted by molar-refractivity contribution is -0.385. The standard InChI is InChI=1S/C20H26N4O5S/c1-11(2)29-18(25)10-16(15-8-6-7-9-17(15)24(27)28)23-20(26)22-13(4)19-12(3)21-14(5)30-19/h6-9,11,13,16H,10H2,1-5H3,(H2,22,23,26)/t13-,16+/m0/s1. The molecule has 0 bridgehead atoms. The number of carbonyl (C=O) groups excluding carboxylic acids is 2. The minimum atomic E-state index is -0.922. The average Bonchev–Trinajstić information content (AvgIpc) is 2.98. The first kappa shape index (κ1) is 23.3. The van der Waals surface area contributed by atoms with Crippen LogP contribution >= 0.6 is 11.3 Å². The summed E-state index contributed by atoms with van der Waals surface area (Å²) in [6.07, 6.45) is -0.570. The van der Waals surface area contributed by atoms with Gasteiger partial charge in [-0.05, 0) is 34.6 Å². The van der Waals surface area contributed by atoms with E-state index in [1.165, 1.54) is 29.5 Å². The molecule has 1 aromatic carbocycles. The molecule has 0 aliphatic carbocycles. The van der Waals surface area contributed by atoms with Gasteiger partial charge in [-0.1, -0.05) is 18.2 Å². The van der Waals surface area contributed by atoms with Crippen LogP contribution in [0.4, 0.5) is 10.5 Å². The third-order valence-corrected chi connectivity index (χ3v) is 5.49. The van der Waals surface area contributed by atoms with Crippen molar-refractivity contribution in [1.82, 2.24) is 15.6 Å². The molecule has 162 valence electrons. The predicted molar refractivity (Wildman–Crippen MR) is 113 cm³/mol. The number of carbonyl (C=O) groups is 2. The van der Waals surface area contributed by atoms with Crippen LogP contribution in [0.2, 0.25) is 0 Å². The van der Waals surface area contributed by atoms with E-state index < -0.39 is 23.0 Å². The van der Waals surface area contributed by atoms with Gasteiger partial charge in [0.05, 0.1) is 45.8 Å². The van der Waals surface area contributed by atoms with E-state index in [9.17, 15) is 19.7 Å². The number of thiazole rings is 1. The number of para-hydroxylation sites is 1.